The molecule has 13 heavy (non-hydrogen) atoms. The first kappa shape index (κ1) is 10.2. The summed E-state index contributed by atoms with van der Waals surface area (Å²) in [4.78, 5) is 1.11. The van der Waals surface area contributed by atoms with Crippen molar-refractivity contribution in [2.75, 3.05) is 0 Å². The molecular weight excluding hydrogens is 180 g/mol. The van der Waals surface area contributed by atoms with Gasteiger partial charge >= 0.3 is 0 Å². The number of hydrogen-bond acceptors (Lipinski definition) is 3. The average molecular weight is 194 g/mol. The van der Waals surface area contributed by atoms with Gasteiger partial charge in [0.2, 0.25) is 0 Å². The minimum atomic E-state index is 0.101. The number of nitrogens with zero attached hydrogens (tertiary/aromatic N) is 1. The molecule has 0 radical (unpaired) electrons. The molecule has 0 aliphatic heterocycles. The van der Waals surface area contributed by atoms with Crippen molar-refractivity contribution in [3.63, 3.8) is 0 Å². The van der Waals surface area contributed by atoms with E-state index in [0.717, 1.165) is 10.4 Å². The lowest BCUT2D eigenvalue weighted by atomic mass is 9.99. The molecule has 1 rings (SSSR count). The molecule has 0 amide bonds. The highest BCUT2D eigenvalue weighted by molar-refractivity contribution is 7.10. The Morgan fingerprint density at radius 2 is 2.31 bits per heavy atom. The lowest BCUT2D eigenvalue weighted by molar-refractivity contribution is 0.515. The van der Waals surface area contributed by atoms with E-state index in [-0.39, 0.29) is 6.04 Å². The summed E-state index contributed by atoms with van der Waals surface area (Å²) in [6, 6.07) is 4.28. The van der Waals surface area contributed by atoms with Gasteiger partial charge in [-0.15, -0.1) is 11.3 Å². The third-order valence-corrected chi connectivity index (χ3v) is 2.99. The average Bonchev–Trinajstić information content (AvgIpc) is 2.52. The van der Waals surface area contributed by atoms with Gasteiger partial charge in [-0.05, 0) is 22.9 Å². The van der Waals surface area contributed by atoms with Crippen LogP contribution in [-0.2, 0) is 6.42 Å². The van der Waals surface area contributed by atoms with Gasteiger partial charge in [-0.3, -0.25) is 0 Å². The van der Waals surface area contributed by atoms with Gasteiger partial charge in [0.25, 0.3) is 0 Å². The topological polar surface area (TPSA) is 49.8 Å². The van der Waals surface area contributed by atoms with Crippen molar-refractivity contribution in [1.29, 1.82) is 5.26 Å². The maximum absolute atomic E-state index is 8.50. The van der Waals surface area contributed by atoms with Crippen LogP contribution in [0.4, 0.5) is 0 Å². The van der Waals surface area contributed by atoms with Crippen LogP contribution in [0.1, 0.15) is 30.3 Å². The van der Waals surface area contributed by atoms with Crippen molar-refractivity contribution in [3.8, 4) is 6.07 Å². The predicted octanol–water partition coefficient (Wildman–Crippen LogP) is 2.47. The van der Waals surface area contributed by atoms with Crippen LogP contribution in [0.2, 0.25) is 0 Å². The molecule has 0 fully saturated rings. The third kappa shape index (κ3) is 2.55. The highest BCUT2D eigenvalue weighted by Gasteiger charge is 2.11. The fourth-order valence-electron chi connectivity index (χ4n) is 1.13. The zero-order valence-electron chi connectivity index (χ0n) is 7.95. The molecule has 1 atom stereocenters. The summed E-state index contributed by atoms with van der Waals surface area (Å²) in [5.74, 6) is 0.449. The summed E-state index contributed by atoms with van der Waals surface area (Å²) in [5, 5.41) is 10.6. The molecule has 2 nitrogen and oxygen atoms in total. The molecule has 1 aromatic rings. The summed E-state index contributed by atoms with van der Waals surface area (Å²) in [6.07, 6.45) is 0.496. The summed E-state index contributed by atoms with van der Waals surface area (Å²) in [5.41, 5.74) is 7.13. The van der Waals surface area contributed by atoms with E-state index in [1.54, 1.807) is 11.3 Å². The maximum atomic E-state index is 8.50. The summed E-state index contributed by atoms with van der Waals surface area (Å²) >= 11 is 1.62. The van der Waals surface area contributed by atoms with E-state index in [4.69, 9.17) is 11.0 Å². The highest BCUT2D eigenvalue weighted by atomic mass is 32.1. The Balaban J connectivity index is 2.74. The Morgan fingerprint density at radius 1 is 1.62 bits per heavy atom. The van der Waals surface area contributed by atoms with E-state index in [9.17, 15) is 0 Å². The Kier molecular flexibility index (Phi) is 3.47. The summed E-state index contributed by atoms with van der Waals surface area (Å²) in [6.45, 7) is 4.21. The van der Waals surface area contributed by atoms with Crippen molar-refractivity contribution in [3.05, 3.63) is 21.9 Å². The SMILES string of the molecule is CC(C)[C@H](N)c1csc(CC#N)c1. The van der Waals surface area contributed by atoms with Crippen LogP contribution < -0.4 is 5.73 Å². The Bertz CT molecular complexity index is 309. The van der Waals surface area contributed by atoms with Gasteiger partial charge < -0.3 is 5.73 Å². The van der Waals surface area contributed by atoms with Crippen molar-refractivity contribution in [2.45, 2.75) is 26.3 Å². The van der Waals surface area contributed by atoms with Gasteiger partial charge in [0.15, 0.2) is 0 Å². The van der Waals surface area contributed by atoms with Crippen LogP contribution in [0.5, 0.6) is 0 Å². The lowest BCUT2D eigenvalue weighted by Gasteiger charge is -2.13. The molecule has 70 valence electrons. The van der Waals surface area contributed by atoms with E-state index < -0.39 is 0 Å². The summed E-state index contributed by atoms with van der Waals surface area (Å²) < 4.78 is 0. The molecule has 0 bridgehead atoms. The minimum Gasteiger partial charge on any atom is -0.324 e. The smallest absolute Gasteiger partial charge is 0.0695 e. The molecule has 0 aliphatic rings. The Labute approximate surface area is 83.0 Å². The largest absolute Gasteiger partial charge is 0.324 e. The van der Waals surface area contributed by atoms with E-state index in [1.807, 2.05) is 6.07 Å². The molecule has 0 spiro atoms. The fourth-order valence-corrected chi connectivity index (χ4v) is 1.99. The molecule has 3 heteroatoms. The number of nitrogens with two attached hydrogens (primary N) is 1. The molecule has 0 saturated heterocycles. The Morgan fingerprint density at radius 3 is 2.85 bits per heavy atom. The maximum Gasteiger partial charge on any atom is 0.0695 e. The fraction of sp³-hybridized carbons (Fsp3) is 0.500. The second-order valence-electron chi connectivity index (χ2n) is 3.45. The normalized spacial score (nSPS) is 12.8. The number of nitriles is 1. The van der Waals surface area contributed by atoms with Gasteiger partial charge in [0.05, 0.1) is 12.5 Å². The van der Waals surface area contributed by atoms with Crippen LogP contribution in [0.25, 0.3) is 0 Å². The highest BCUT2D eigenvalue weighted by Crippen LogP contribution is 2.24. The zero-order valence-corrected chi connectivity index (χ0v) is 8.77. The van der Waals surface area contributed by atoms with Gasteiger partial charge in [0.1, 0.15) is 0 Å². The van der Waals surface area contributed by atoms with E-state index in [2.05, 4.69) is 25.3 Å². The third-order valence-electron chi connectivity index (χ3n) is 2.03. The molecule has 0 unspecified atom stereocenters. The minimum absolute atomic E-state index is 0.101. The van der Waals surface area contributed by atoms with Gasteiger partial charge in [-0.1, -0.05) is 13.8 Å². The van der Waals surface area contributed by atoms with Crippen molar-refractivity contribution in [1.82, 2.24) is 0 Å². The molecule has 1 aromatic heterocycles. The second-order valence-corrected chi connectivity index (χ2v) is 4.45. The first-order chi connectivity index (χ1) is 6.15. The molecule has 0 saturated carbocycles. The second kappa shape index (κ2) is 4.40. The predicted molar refractivity (Wildman–Crippen MR) is 55.4 cm³/mol. The Hall–Kier alpha value is -0.850. The summed E-state index contributed by atoms with van der Waals surface area (Å²) in [7, 11) is 0. The molecule has 2 N–H and O–H groups in total. The van der Waals surface area contributed by atoms with Gasteiger partial charge in [-0.2, -0.15) is 5.26 Å². The number of thiophene rings is 1. The van der Waals surface area contributed by atoms with Crippen LogP contribution in [0.3, 0.4) is 0 Å². The van der Waals surface area contributed by atoms with Crippen molar-refractivity contribution >= 4 is 11.3 Å². The lowest BCUT2D eigenvalue weighted by Crippen LogP contribution is -2.15. The van der Waals surface area contributed by atoms with Crippen LogP contribution >= 0.6 is 11.3 Å². The van der Waals surface area contributed by atoms with Crippen molar-refractivity contribution in [2.24, 2.45) is 11.7 Å². The van der Waals surface area contributed by atoms with E-state index in [1.165, 1.54) is 0 Å². The van der Waals surface area contributed by atoms with Crippen LogP contribution in [0.15, 0.2) is 11.4 Å². The zero-order chi connectivity index (χ0) is 9.84. The monoisotopic (exact) mass is 194 g/mol. The number of hydrogen-bond donors (Lipinski definition) is 1. The molecular formula is C10H14N2S. The van der Waals surface area contributed by atoms with Gasteiger partial charge in [-0.25, -0.2) is 0 Å². The van der Waals surface area contributed by atoms with E-state index >= 15 is 0 Å². The standard InChI is InChI=1S/C10H14N2S/c1-7(2)10(12)8-5-9(3-4-11)13-6-8/h5-7,10H,3,12H2,1-2H3/t10-/m0/s1. The first-order valence-corrected chi connectivity index (χ1v) is 5.23. The van der Waals surface area contributed by atoms with E-state index in [0.29, 0.717) is 12.3 Å². The van der Waals surface area contributed by atoms with Crippen LogP contribution in [-0.4, -0.2) is 0 Å². The number of rotatable bonds is 3. The quantitative estimate of drug-likeness (QED) is 0.803. The van der Waals surface area contributed by atoms with Crippen molar-refractivity contribution < 1.29 is 0 Å². The molecule has 0 aliphatic carbocycles. The first-order valence-electron chi connectivity index (χ1n) is 4.35. The molecule has 1 heterocycles. The molecule has 0 aromatic carbocycles. The van der Waals surface area contributed by atoms with Crippen LogP contribution in [0, 0.1) is 17.2 Å². The van der Waals surface area contributed by atoms with Gasteiger partial charge in [0, 0.05) is 10.9 Å².